The Balaban J connectivity index is 1.95. The predicted octanol–water partition coefficient (Wildman–Crippen LogP) is 2.63. The van der Waals surface area contributed by atoms with Crippen molar-refractivity contribution in [1.29, 1.82) is 0 Å². The molecule has 2 aromatic rings. The Labute approximate surface area is 91.2 Å². The zero-order valence-electron chi connectivity index (χ0n) is 7.30. The summed E-state index contributed by atoms with van der Waals surface area (Å²) >= 11 is 7.36. The average Bonchev–Trinajstić information content (AvgIpc) is 2.70. The molecule has 0 aliphatic heterocycles. The maximum Gasteiger partial charge on any atom is 0.138 e. The van der Waals surface area contributed by atoms with Crippen LogP contribution in [0.1, 0.15) is 5.56 Å². The van der Waals surface area contributed by atoms with Gasteiger partial charge in [-0.3, -0.25) is 0 Å². The molecule has 14 heavy (non-hydrogen) atoms. The van der Waals surface area contributed by atoms with Crippen molar-refractivity contribution in [2.24, 2.45) is 0 Å². The van der Waals surface area contributed by atoms with E-state index in [4.69, 9.17) is 11.6 Å². The molecular weight excluding hydrogens is 218 g/mol. The van der Waals surface area contributed by atoms with Gasteiger partial charge in [-0.15, -0.1) is 5.10 Å². The Morgan fingerprint density at radius 1 is 1.29 bits per heavy atom. The molecule has 0 fully saturated rings. The summed E-state index contributed by atoms with van der Waals surface area (Å²) in [4.78, 5) is 3.86. The fraction of sp³-hybridized carbons (Fsp3) is 0.111. The quantitative estimate of drug-likeness (QED) is 0.805. The molecule has 0 amide bonds. The number of aromatic nitrogens is 3. The van der Waals surface area contributed by atoms with Crippen LogP contribution in [0.25, 0.3) is 0 Å². The molecule has 0 bridgehead atoms. The van der Waals surface area contributed by atoms with Gasteiger partial charge in [-0.05, 0) is 29.6 Å². The Morgan fingerprint density at radius 3 is 2.71 bits per heavy atom. The fourth-order valence-electron chi connectivity index (χ4n) is 0.985. The average molecular weight is 226 g/mol. The number of nitrogens with zero attached hydrogens (tertiary/aromatic N) is 3. The molecule has 0 N–H and O–H groups in total. The van der Waals surface area contributed by atoms with Crippen LogP contribution in [0.15, 0.2) is 36.9 Å². The van der Waals surface area contributed by atoms with Gasteiger partial charge in [0.25, 0.3) is 0 Å². The summed E-state index contributed by atoms with van der Waals surface area (Å²) in [7, 11) is 0. The second kappa shape index (κ2) is 4.48. The van der Waals surface area contributed by atoms with Crippen molar-refractivity contribution in [1.82, 2.24) is 14.2 Å². The number of benzene rings is 1. The number of halogens is 1. The van der Waals surface area contributed by atoms with Gasteiger partial charge >= 0.3 is 0 Å². The first kappa shape index (κ1) is 9.55. The van der Waals surface area contributed by atoms with Crippen molar-refractivity contribution < 1.29 is 0 Å². The maximum atomic E-state index is 5.78. The number of hydrogen-bond acceptors (Lipinski definition) is 3. The molecule has 0 saturated carbocycles. The number of hydrogen-bond donors (Lipinski definition) is 0. The molecule has 0 aliphatic rings. The third-order valence-electron chi connectivity index (χ3n) is 1.67. The third kappa shape index (κ3) is 2.49. The fourth-order valence-corrected chi connectivity index (χ4v) is 1.82. The van der Waals surface area contributed by atoms with Crippen LogP contribution in [0, 0.1) is 0 Å². The van der Waals surface area contributed by atoms with Gasteiger partial charge in [0.1, 0.15) is 12.7 Å². The minimum absolute atomic E-state index is 0.763. The van der Waals surface area contributed by atoms with Crippen LogP contribution >= 0.6 is 23.5 Å². The summed E-state index contributed by atoms with van der Waals surface area (Å²) in [5.74, 6) is 0.862. The van der Waals surface area contributed by atoms with Crippen LogP contribution in [-0.2, 0) is 5.75 Å². The zero-order valence-corrected chi connectivity index (χ0v) is 8.87. The first-order valence-corrected chi connectivity index (χ1v) is 5.39. The van der Waals surface area contributed by atoms with E-state index in [9.17, 15) is 0 Å². The molecule has 72 valence electrons. The number of rotatable bonds is 3. The van der Waals surface area contributed by atoms with Crippen LogP contribution in [0.3, 0.4) is 0 Å². The lowest BCUT2D eigenvalue weighted by Gasteiger charge is -2.00. The minimum atomic E-state index is 0.763. The highest BCUT2D eigenvalue weighted by Gasteiger charge is 1.95. The second-order valence-corrected chi connectivity index (χ2v) is 4.06. The molecule has 1 aromatic carbocycles. The normalized spacial score (nSPS) is 10.4. The zero-order chi connectivity index (χ0) is 9.80. The summed E-state index contributed by atoms with van der Waals surface area (Å²) < 4.78 is 1.73. The van der Waals surface area contributed by atoms with Gasteiger partial charge < -0.3 is 0 Å². The smallest absolute Gasteiger partial charge is 0.138 e. The lowest BCUT2D eigenvalue weighted by molar-refractivity contribution is 1.01. The van der Waals surface area contributed by atoms with Crippen molar-refractivity contribution in [3.8, 4) is 0 Å². The molecule has 0 unspecified atom stereocenters. The molecule has 0 saturated heterocycles. The Bertz CT molecular complexity index is 385. The largest absolute Gasteiger partial charge is 0.222 e. The van der Waals surface area contributed by atoms with E-state index in [1.807, 2.05) is 24.3 Å². The van der Waals surface area contributed by atoms with Crippen LogP contribution in [0.2, 0.25) is 5.02 Å². The van der Waals surface area contributed by atoms with E-state index in [-0.39, 0.29) is 0 Å². The van der Waals surface area contributed by atoms with E-state index in [1.54, 1.807) is 22.4 Å². The molecule has 3 nitrogen and oxygen atoms in total. The standard InChI is InChI=1S/C9H8ClN3S/c10-9-3-1-8(2-4-9)5-14-13-7-11-6-12-13/h1-4,6-7H,5H2. The van der Waals surface area contributed by atoms with E-state index in [2.05, 4.69) is 10.1 Å². The van der Waals surface area contributed by atoms with E-state index in [1.165, 1.54) is 11.9 Å². The molecular formula is C9H8ClN3S. The van der Waals surface area contributed by atoms with Gasteiger partial charge in [0.2, 0.25) is 0 Å². The SMILES string of the molecule is Clc1ccc(CSn2cncn2)cc1. The monoisotopic (exact) mass is 225 g/mol. The Morgan fingerprint density at radius 2 is 2.07 bits per heavy atom. The molecule has 0 aliphatic carbocycles. The maximum absolute atomic E-state index is 5.78. The first-order chi connectivity index (χ1) is 6.84. The topological polar surface area (TPSA) is 30.7 Å². The van der Waals surface area contributed by atoms with Gasteiger partial charge in [-0.2, -0.15) is 4.09 Å². The highest BCUT2D eigenvalue weighted by Crippen LogP contribution is 2.15. The lowest BCUT2D eigenvalue weighted by atomic mass is 10.2. The van der Waals surface area contributed by atoms with E-state index >= 15 is 0 Å². The van der Waals surface area contributed by atoms with Crippen molar-refractivity contribution in [3.63, 3.8) is 0 Å². The van der Waals surface area contributed by atoms with Gasteiger partial charge in [-0.25, -0.2) is 4.98 Å². The van der Waals surface area contributed by atoms with Crippen molar-refractivity contribution >= 4 is 23.5 Å². The lowest BCUT2D eigenvalue weighted by Crippen LogP contribution is -1.88. The van der Waals surface area contributed by atoms with E-state index in [0.29, 0.717) is 0 Å². The van der Waals surface area contributed by atoms with Crippen LogP contribution in [0.5, 0.6) is 0 Å². The second-order valence-electron chi connectivity index (χ2n) is 2.70. The van der Waals surface area contributed by atoms with Crippen molar-refractivity contribution in [3.05, 3.63) is 47.5 Å². The highest BCUT2D eigenvalue weighted by atomic mass is 35.5. The molecule has 1 heterocycles. The van der Waals surface area contributed by atoms with Crippen molar-refractivity contribution in [2.75, 3.05) is 0 Å². The first-order valence-electron chi connectivity index (χ1n) is 4.07. The third-order valence-corrected chi connectivity index (χ3v) is 2.84. The van der Waals surface area contributed by atoms with Gasteiger partial charge in [0.15, 0.2) is 0 Å². The minimum Gasteiger partial charge on any atom is -0.222 e. The van der Waals surface area contributed by atoms with Gasteiger partial charge in [0, 0.05) is 10.8 Å². The summed E-state index contributed by atoms with van der Waals surface area (Å²) in [6.45, 7) is 0. The highest BCUT2D eigenvalue weighted by molar-refractivity contribution is 7.96. The molecule has 0 atom stereocenters. The van der Waals surface area contributed by atoms with E-state index in [0.717, 1.165) is 10.8 Å². The summed E-state index contributed by atoms with van der Waals surface area (Å²) in [6.07, 6.45) is 3.20. The van der Waals surface area contributed by atoms with Crippen LogP contribution < -0.4 is 0 Å². The Kier molecular flexibility index (Phi) is 3.06. The van der Waals surface area contributed by atoms with Crippen LogP contribution in [0.4, 0.5) is 0 Å². The summed E-state index contributed by atoms with van der Waals surface area (Å²) in [5.41, 5.74) is 1.22. The van der Waals surface area contributed by atoms with Gasteiger partial charge in [-0.1, -0.05) is 23.7 Å². The molecule has 2 rings (SSSR count). The predicted molar refractivity (Wildman–Crippen MR) is 58.2 cm³/mol. The molecule has 5 heteroatoms. The van der Waals surface area contributed by atoms with Crippen LogP contribution in [-0.4, -0.2) is 14.2 Å². The van der Waals surface area contributed by atoms with E-state index < -0.39 is 0 Å². The molecule has 1 aromatic heterocycles. The van der Waals surface area contributed by atoms with Gasteiger partial charge in [0.05, 0.1) is 0 Å². The van der Waals surface area contributed by atoms with Crippen molar-refractivity contribution in [2.45, 2.75) is 5.75 Å². The summed E-state index contributed by atoms with van der Waals surface area (Å²) in [5, 5.41) is 4.75. The molecule has 0 spiro atoms. The molecule has 0 radical (unpaired) electrons. The Hall–Kier alpha value is -1.00. The summed E-state index contributed by atoms with van der Waals surface area (Å²) in [6, 6.07) is 7.79.